The van der Waals surface area contributed by atoms with Gasteiger partial charge in [0, 0.05) is 25.2 Å². The van der Waals surface area contributed by atoms with Crippen LogP contribution in [0, 0.1) is 5.82 Å². The highest BCUT2D eigenvalue weighted by molar-refractivity contribution is 7.93. The van der Waals surface area contributed by atoms with Gasteiger partial charge >= 0.3 is 6.03 Å². The lowest BCUT2D eigenvalue weighted by Gasteiger charge is -2.48. The van der Waals surface area contributed by atoms with E-state index in [1.54, 1.807) is 0 Å². The quantitative estimate of drug-likeness (QED) is 0.615. The van der Waals surface area contributed by atoms with E-state index in [1.165, 1.54) is 29.2 Å². The fourth-order valence-electron chi connectivity index (χ4n) is 4.63. The molecule has 1 N–H and O–H groups in total. The van der Waals surface area contributed by atoms with Crippen LogP contribution in [0.5, 0.6) is 0 Å². The number of aromatic nitrogens is 2. The molecule has 0 saturated carbocycles. The predicted octanol–water partition coefficient (Wildman–Crippen LogP) is 2.78. The summed E-state index contributed by atoms with van der Waals surface area (Å²) in [7, 11) is -3.44. The number of amides is 2. The number of halogens is 1. The zero-order valence-electron chi connectivity index (χ0n) is 17.8. The molecule has 1 spiro atoms. The van der Waals surface area contributed by atoms with E-state index in [4.69, 9.17) is 4.52 Å². The number of hydrogen-bond acceptors (Lipinski definition) is 6. The molecule has 3 aromatic rings. The molecule has 0 radical (unpaired) electrons. The van der Waals surface area contributed by atoms with Crippen molar-refractivity contribution in [3.63, 3.8) is 0 Å². The van der Waals surface area contributed by atoms with Crippen LogP contribution >= 0.6 is 0 Å². The first-order valence-corrected chi connectivity index (χ1v) is 12.4. The minimum absolute atomic E-state index is 0.00932. The number of nitrogens with zero attached hydrogens (tertiary/aromatic N) is 3. The van der Waals surface area contributed by atoms with E-state index in [0.717, 1.165) is 5.56 Å². The Balaban J connectivity index is 1.26. The normalized spacial score (nSPS) is 20.5. The zero-order chi connectivity index (χ0) is 23.1. The molecular formula is C23H23FN4O4S. The van der Waals surface area contributed by atoms with E-state index in [-0.39, 0.29) is 42.4 Å². The smallest absolute Gasteiger partial charge is 0.317 e. The molecular weight excluding hydrogens is 447 g/mol. The van der Waals surface area contributed by atoms with Crippen molar-refractivity contribution in [3.05, 3.63) is 71.9 Å². The maximum Gasteiger partial charge on any atom is 0.317 e. The van der Waals surface area contributed by atoms with Crippen molar-refractivity contribution in [2.45, 2.75) is 23.5 Å². The second kappa shape index (κ2) is 8.26. The largest absolute Gasteiger partial charge is 0.339 e. The van der Waals surface area contributed by atoms with Crippen LogP contribution in [0.3, 0.4) is 0 Å². The molecule has 2 aliphatic rings. The number of rotatable bonds is 5. The molecule has 2 aromatic carbocycles. The Kier molecular flexibility index (Phi) is 5.40. The molecule has 1 atom stereocenters. The number of carbonyl (C=O) groups excluding carboxylic acids is 1. The summed E-state index contributed by atoms with van der Waals surface area (Å²) in [5.41, 5.74) is 1.69. The van der Waals surface area contributed by atoms with Gasteiger partial charge in [0.15, 0.2) is 9.84 Å². The second-order valence-corrected chi connectivity index (χ2v) is 11.0. The van der Waals surface area contributed by atoms with Crippen LogP contribution in [0.1, 0.15) is 23.8 Å². The molecule has 8 nitrogen and oxygen atoms in total. The minimum Gasteiger partial charge on any atom is -0.339 e. The number of benzene rings is 2. The van der Waals surface area contributed by atoms with Crippen LogP contribution in [0.2, 0.25) is 0 Å². The van der Waals surface area contributed by atoms with Crippen molar-refractivity contribution in [1.82, 2.24) is 20.4 Å². The van der Waals surface area contributed by atoms with Crippen molar-refractivity contribution in [1.29, 1.82) is 0 Å². The lowest BCUT2D eigenvalue weighted by atomic mass is 9.83. The Morgan fingerprint density at radius 3 is 2.61 bits per heavy atom. The maximum absolute atomic E-state index is 13.2. The monoisotopic (exact) mass is 470 g/mol. The summed E-state index contributed by atoms with van der Waals surface area (Å²) < 4.78 is 43.4. The Bertz CT molecular complexity index is 1260. The number of likely N-dealkylation sites (tertiary alicyclic amines) is 1. The molecule has 5 rings (SSSR count). The maximum atomic E-state index is 13.2. The van der Waals surface area contributed by atoms with Crippen molar-refractivity contribution in [2.24, 2.45) is 0 Å². The second-order valence-electron chi connectivity index (χ2n) is 8.51. The third-order valence-corrected chi connectivity index (χ3v) is 9.06. The van der Waals surface area contributed by atoms with Gasteiger partial charge in [0.05, 0.1) is 11.7 Å². The molecule has 3 heterocycles. The van der Waals surface area contributed by atoms with Crippen molar-refractivity contribution < 1.29 is 22.1 Å². The predicted molar refractivity (Wildman–Crippen MR) is 119 cm³/mol. The van der Waals surface area contributed by atoms with Gasteiger partial charge in [-0.2, -0.15) is 4.98 Å². The Labute approximate surface area is 190 Å². The molecule has 10 heteroatoms. The standard InChI is InChI=1S/C23H23FN4O4S/c24-18-8-6-17(7-9-18)20-26-21(32-27-20)19-11-13-33(30,31)23(19)14-28(15-23)22(29)25-12-10-16-4-2-1-3-5-16/h1-9,19H,10-15H2,(H,25,29). The summed E-state index contributed by atoms with van der Waals surface area (Å²) in [6.45, 7) is 0.643. The van der Waals surface area contributed by atoms with Crippen LogP contribution in [-0.2, 0) is 16.3 Å². The van der Waals surface area contributed by atoms with Gasteiger partial charge in [-0.15, -0.1) is 0 Å². The first-order chi connectivity index (χ1) is 15.9. The van der Waals surface area contributed by atoms with Crippen LogP contribution in [0.15, 0.2) is 59.1 Å². The van der Waals surface area contributed by atoms with Gasteiger partial charge in [-0.1, -0.05) is 35.5 Å². The summed E-state index contributed by atoms with van der Waals surface area (Å²) in [5, 5.41) is 6.82. The third-order valence-electron chi connectivity index (χ3n) is 6.51. The van der Waals surface area contributed by atoms with Gasteiger partial charge in [-0.3, -0.25) is 0 Å². The highest BCUT2D eigenvalue weighted by atomic mass is 32.2. The van der Waals surface area contributed by atoms with E-state index in [0.29, 0.717) is 24.9 Å². The van der Waals surface area contributed by atoms with E-state index in [9.17, 15) is 17.6 Å². The fraction of sp³-hybridized carbons (Fsp3) is 0.348. The average molecular weight is 471 g/mol. The van der Waals surface area contributed by atoms with Crippen LogP contribution in [0.4, 0.5) is 9.18 Å². The highest BCUT2D eigenvalue weighted by Gasteiger charge is 2.64. The van der Waals surface area contributed by atoms with Gasteiger partial charge in [-0.25, -0.2) is 17.6 Å². The van der Waals surface area contributed by atoms with Crippen molar-refractivity contribution in [2.75, 3.05) is 25.4 Å². The fourth-order valence-corrected chi connectivity index (χ4v) is 6.94. The van der Waals surface area contributed by atoms with Crippen LogP contribution in [-0.4, -0.2) is 59.6 Å². The number of sulfone groups is 1. The summed E-state index contributed by atoms with van der Waals surface area (Å²) in [5.74, 6) is -0.341. The number of hydrogen-bond donors (Lipinski definition) is 1. The summed E-state index contributed by atoms with van der Waals surface area (Å²) in [4.78, 5) is 18.5. The molecule has 2 aliphatic heterocycles. The molecule has 1 unspecified atom stereocenters. The van der Waals surface area contributed by atoms with Crippen molar-refractivity contribution >= 4 is 15.9 Å². The molecule has 33 heavy (non-hydrogen) atoms. The summed E-state index contributed by atoms with van der Waals surface area (Å²) in [6.07, 6.45) is 1.05. The van der Waals surface area contributed by atoms with E-state index < -0.39 is 20.5 Å². The van der Waals surface area contributed by atoms with Gasteiger partial charge in [0.2, 0.25) is 11.7 Å². The summed E-state index contributed by atoms with van der Waals surface area (Å²) >= 11 is 0. The number of carbonyl (C=O) groups is 1. The Morgan fingerprint density at radius 1 is 1.15 bits per heavy atom. The van der Waals surface area contributed by atoms with Crippen LogP contribution in [0.25, 0.3) is 11.4 Å². The first-order valence-electron chi connectivity index (χ1n) is 10.8. The zero-order valence-corrected chi connectivity index (χ0v) is 18.6. The molecule has 2 amide bonds. The average Bonchev–Trinajstić information content (AvgIpc) is 3.36. The lowest BCUT2D eigenvalue weighted by molar-refractivity contribution is 0.117. The topological polar surface area (TPSA) is 105 Å². The van der Waals surface area contributed by atoms with Gasteiger partial charge in [0.25, 0.3) is 0 Å². The van der Waals surface area contributed by atoms with E-state index in [1.807, 2.05) is 30.3 Å². The number of nitrogens with one attached hydrogen (secondary N) is 1. The first kappa shape index (κ1) is 21.6. The van der Waals surface area contributed by atoms with Crippen LogP contribution < -0.4 is 5.32 Å². The molecule has 172 valence electrons. The minimum atomic E-state index is -3.44. The lowest BCUT2D eigenvalue weighted by Crippen LogP contribution is -2.69. The molecule has 2 saturated heterocycles. The SMILES string of the molecule is O=C(NCCc1ccccc1)N1CC2(C1)C(c1nc(-c3ccc(F)cc3)no1)CCS2(=O)=O. The number of urea groups is 1. The van der Waals surface area contributed by atoms with E-state index >= 15 is 0 Å². The molecule has 0 bridgehead atoms. The molecule has 0 aliphatic carbocycles. The van der Waals surface area contributed by atoms with Gasteiger partial charge in [0.1, 0.15) is 10.6 Å². The molecule has 2 fully saturated rings. The van der Waals surface area contributed by atoms with Gasteiger partial charge < -0.3 is 14.7 Å². The van der Waals surface area contributed by atoms with Gasteiger partial charge in [-0.05, 0) is 42.7 Å². The van der Waals surface area contributed by atoms with E-state index in [2.05, 4.69) is 15.5 Å². The highest BCUT2D eigenvalue weighted by Crippen LogP contribution is 2.49. The molecule has 1 aromatic heterocycles. The Hall–Kier alpha value is -3.27. The Morgan fingerprint density at radius 2 is 1.88 bits per heavy atom. The van der Waals surface area contributed by atoms with Crippen molar-refractivity contribution in [3.8, 4) is 11.4 Å². The third kappa shape index (κ3) is 3.88. The summed E-state index contributed by atoms with van der Waals surface area (Å²) in [6, 6.07) is 15.2.